The van der Waals surface area contributed by atoms with E-state index in [0.717, 1.165) is 20.2 Å². The molecule has 35 heavy (non-hydrogen) atoms. The van der Waals surface area contributed by atoms with Gasteiger partial charge in [0.15, 0.2) is 0 Å². The third-order valence-corrected chi connectivity index (χ3v) is 7.23. The van der Waals surface area contributed by atoms with Crippen LogP contribution in [0.1, 0.15) is 28.7 Å². The predicted molar refractivity (Wildman–Crippen MR) is 135 cm³/mol. The van der Waals surface area contributed by atoms with Gasteiger partial charge in [-0.25, -0.2) is 9.36 Å². The first-order chi connectivity index (χ1) is 16.9. The number of aromatic nitrogens is 1. The van der Waals surface area contributed by atoms with Gasteiger partial charge in [-0.05, 0) is 43.3 Å². The van der Waals surface area contributed by atoms with Crippen molar-refractivity contribution < 1.29 is 13.9 Å². The van der Waals surface area contributed by atoms with Gasteiger partial charge < -0.3 is 13.9 Å². The van der Waals surface area contributed by atoms with Crippen molar-refractivity contribution in [2.24, 2.45) is 0 Å². The molecule has 8 heteroatoms. The maximum Gasteiger partial charge on any atom is 0.426 e. The van der Waals surface area contributed by atoms with Crippen LogP contribution in [0.25, 0.3) is 17.0 Å². The summed E-state index contributed by atoms with van der Waals surface area (Å²) in [6.07, 6.45) is 1.25. The number of nitrogens with zero attached hydrogens (tertiary/aromatic N) is 1. The first-order valence-corrected chi connectivity index (χ1v) is 12.1. The Labute approximate surface area is 213 Å². The number of halogens is 2. The molecule has 0 saturated carbocycles. The van der Waals surface area contributed by atoms with Crippen molar-refractivity contribution in [1.29, 1.82) is 0 Å². The lowest BCUT2D eigenvalue weighted by Crippen LogP contribution is -2.36. The van der Waals surface area contributed by atoms with Crippen LogP contribution >= 0.6 is 27.5 Å². The lowest BCUT2D eigenvalue weighted by atomic mass is 9.81. The van der Waals surface area contributed by atoms with E-state index in [2.05, 4.69) is 15.9 Å². The highest BCUT2D eigenvalue weighted by molar-refractivity contribution is 9.10. The quantitative estimate of drug-likeness (QED) is 0.301. The first-order valence-electron chi connectivity index (χ1n) is 10.9. The zero-order chi connectivity index (χ0) is 24.3. The molecule has 1 aliphatic heterocycles. The van der Waals surface area contributed by atoms with Crippen molar-refractivity contribution in [3.63, 3.8) is 0 Å². The molecule has 1 aromatic heterocycles. The van der Waals surface area contributed by atoms with Gasteiger partial charge in [-0.1, -0.05) is 57.9 Å². The zero-order valence-corrected chi connectivity index (χ0v) is 20.7. The summed E-state index contributed by atoms with van der Waals surface area (Å²) in [5.74, 6) is -0.187. The third-order valence-electron chi connectivity index (χ3n) is 6.29. The molecule has 2 atom stereocenters. The van der Waals surface area contributed by atoms with Crippen molar-refractivity contribution in [3.05, 3.63) is 126 Å². The molecule has 0 fully saturated rings. The highest BCUT2D eigenvalue weighted by atomic mass is 79.9. The van der Waals surface area contributed by atoms with E-state index >= 15 is 0 Å². The van der Waals surface area contributed by atoms with Gasteiger partial charge in [0.2, 0.25) is 0 Å². The number of ether oxygens (including phenoxy) is 2. The van der Waals surface area contributed by atoms with Crippen LogP contribution < -0.4 is 16.1 Å². The fourth-order valence-electron chi connectivity index (χ4n) is 4.58. The predicted octanol–water partition coefficient (Wildman–Crippen LogP) is 6.27. The summed E-state index contributed by atoms with van der Waals surface area (Å²) >= 11 is 9.62. The van der Waals surface area contributed by atoms with E-state index in [1.807, 2.05) is 31.2 Å². The van der Waals surface area contributed by atoms with Crippen LogP contribution in [-0.4, -0.2) is 4.57 Å². The van der Waals surface area contributed by atoms with E-state index in [0.29, 0.717) is 27.6 Å². The van der Waals surface area contributed by atoms with Crippen LogP contribution in [0.2, 0.25) is 5.02 Å². The Hall–Kier alpha value is -3.55. The fraction of sp³-hybridized carbons (Fsp3) is 0.111. The first kappa shape index (κ1) is 21.9. The van der Waals surface area contributed by atoms with E-state index in [-0.39, 0.29) is 11.7 Å². The summed E-state index contributed by atoms with van der Waals surface area (Å²) in [6, 6.07) is 19.7. The lowest BCUT2D eigenvalue weighted by Gasteiger charge is -2.27. The van der Waals surface area contributed by atoms with Crippen LogP contribution in [0.3, 0.4) is 0 Å². The smallest absolute Gasteiger partial charge is 0.426 e. The summed E-state index contributed by atoms with van der Waals surface area (Å²) in [5, 5.41) is 0.577. The second-order valence-electron chi connectivity index (χ2n) is 8.33. The number of hydrogen-bond acceptors (Lipinski definition) is 5. The molecule has 2 unspecified atom stereocenters. The standard InChI is InChI=1S/C27H17BrClNO5/c1-14-20(29)7-4-8-21(14)33-22-13-19-23-25(18-6-3-2-5-17(18)24(19)34-22)35-27(32)30(26(23)31)16-11-9-15(28)10-12-16/h2-13,19,24H,1H3. The van der Waals surface area contributed by atoms with Gasteiger partial charge in [0, 0.05) is 32.3 Å². The second kappa shape index (κ2) is 8.29. The molecule has 4 aromatic rings. The molecule has 2 aliphatic rings. The zero-order valence-electron chi connectivity index (χ0n) is 18.3. The molecular weight excluding hydrogens is 534 g/mol. The van der Waals surface area contributed by atoms with Crippen molar-refractivity contribution in [1.82, 2.24) is 4.57 Å². The minimum Gasteiger partial charge on any atom is -0.456 e. The average molecular weight is 551 g/mol. The molecule has 0 bridgehead atoms. The Morgan fingerprint density at radius 3 is 2.57 bits per heavy atom. The minimum atomic E-state index is -0.752. The van der Waals surface area contributed by atoms with Crippen molar-refractivity contribution in [3.8, 4) is 22.8 Å². The molecule has 6 nitrogen and oxygen atoms in total. The van der Waals surface area contributed by atoms with Crippen LogP contribution in [0, 0.1) is 6.92 Å². The third kappa shape index (κ3) is 3.54. The Morgan fingerprint density at radius 1 is 1.00 bits per heavy atom. The molecule has 0 radical (unpaired) electrons. The van der Waals surface area contributed by atoms with Gasteiger partial charge in [-0.2, -0.15) is 0 Å². The van der Waals surface area contributed by atoms with E-state index in [4.69, 9.17) is 25.5 Å². The Kier molecular flexibility index (Phi) is 5.20. The van der Waals surface area contributed by atoms with Gasteiger partial charge in [-0.3, -0.25) is 4.79 Å². The molecule has 0 N–H and O–H groups in total. The van der Waals surface area contributed by atoms with Gasteiger partial charge >= 0.3 is 5.76 Å². The number of benzene rings is 3. The molecule has 1 aliphatic carbocycles. The highest BCUT2D eigenvalue weighted by Crippen LogP contribution is 2.51. The maximum atomic E-state index is 13.8. The Bertz CT molecular complexity index is 1640. The molecule has 6 rings (SSSR count). The molecule has 0 saturated heterocycles. The van der Waals surface area contributed by atoms with Crippen LogP contribution in [0.15, 0.2) is 97.2 Å². The fourth-order valence-corrected chi connectivity index (χ4v) is 5.01. The van der Waals surface area contributed by atoms with Crippen LogP contribution in [0.4, 0.5) is 0 Å². The Morgan fingerprint density at radius 2 is 1.77 bits per heavy atom. The molecule has 174 valence electrons. The highest BCUT2D eigenvalue weighted by Gasteiger charge is 2.43. The summed E-state index contributed by atoms with van der Waals surface area (Å²) < 4.78 is 19.9. The molecule has 0 amide bonds. The maximum absolute atomic E-state index is 13.8. The van der Waals surface area contributed by atoms with Crippen LogP contribution in [0.5, 0.6) is 5.75 Å². The average Bonchev–Trinajstić information content (AvgIpc) is 3.27. The molecule has 3 aromatic carbocycles. The van der Waals surface area contributed by atoms with Gasteiger partial charge in [0.25, 0.3) is 11.5 Å². The SMILES string of the molecule is Cc1c(Cl)cccc1OC1=CC2c3c(oc(=O)n(-c4ccc(Br)cc4)c3=O)-c3ccccc3C2O1. The number of hydrogen-bond donors (Lipinski definition) is 0. The topological polar surface area (TPSA) is 70.7 Å². The largest absolute Gasteiger partial charge is 0.456 e. The van der Waals surface area contributed by atoms with Crippen LogP contribution in [-0.2, 0) is 4.74 Å². The van der Waals surface area contributed by atoms with Gasteiger partial charge in [0.1, 0.15) is 17.6 Å². The lowest BCUT2D eigenvalue weighted by molar-refractivity contribution is 0.0596. The van der Waals surface area contributed by atoms with E-state index in [1.54, 1.807) is 48.5 Å². The monoisotopic (exact) mass is 549 g/mol. The number of rotatable bonds is 3. The molecular formula is C27H17BrClNO5. The Balaban J connectivity index is 1.53. The summed E-state index contributed by atoms with van der Waals surface area (Å²) in [7, 11) is 0. The van der Waals surface area contributed by atoms with E-state index in [1.165, 1.54) is 0 Å². The van der Waals surface area contributed by atoms with E-state index in [9.17, 15) is 9.59 Å². The summed E-state index contributed by atoms with van der Waals surface area (Å²) in [5.41, 5.74) is 2.54. The minimum absolute atomic E-state index is 0.255. The van der Waals surface area contributed by atoms with Crippen molar-refractivity contribution in [2.75, 3.05) is 0 Å². The van der Waals surface area contributed by atoms with E-state index < -0.39 is 23.3 Å². The van der Waals surface area contributed by atoms with Gasteiger partial charge in [0.05, 0.1) is 17.2 Å². The number of fused-ring (bicyclic) bond motifs is 6. The summed E-state index contributed by atoms with van der Waals surface area (Å²) in [4.78, 5) is 26.8. The second-order valence-corrected chi connectivity index (χ2v) is 9.65. The molecule has 0 spiro atoms. The van der Waals surface area contributed by atoms with Crippen molar-refractivity contribution in [2.45, 2.75) is 18.9 Å². The normalized spacial score (nSPS) is 17.6. The summed E-state index contributed by atoms with van der Waals surface area (Å²) in [6.45, 7) is 1.86. The van der Waals surface area contributed by atoms with Gasteiger partial charge in [-0.15, -0.1) is 0 Å². The molecule has 2 heterocycles. The van der Waals surface area contributed by atoms with Crippen molar-refractivity contribution >= 4 is 27.5 Å².